The third-order valence-electron chi connectivity index (χ3n) is 2.26. The molecule has 1 aromatic carbocycles. The van der Waals surface area contributed by atoms with Crippen molar-refractivity contribution in [2.24, 2.45) is 0 Å². The van der Waals surface area contributed by atoms with Gasteiger partial charge in [-0.05, 0) is 29.8 Å². The van der Waals surface area contributed by atoms with Crippen LogP contribution in [0, 0.1) is 11.3 Å². The fourth-order valence-corrected chi connectivity index (χ4v) is 1.78. The van der Waals surface area contributed by atoms with Crippen LogP contribution in [0.5, 0.6) is 0 Å². The quantitative estimate of drug-likeness (QED) is 0.834. The van der Waals surface area contributed by atoms with Crippen molar-refractivity contribution in [2.75, 3.05) is 0 Å². The number of hydrogen-bond donors (Lipinski definition) is 0. The summed E-state index contributed by atoms with van der Waals surface area (Å²) in [5, 5.41) is 17.7. The molecular weight excluding hydrogens is 257 g/mol. The van der Waals surface area contributed by atoms with Gasteiger partial charge >= 0.3 is 0 Å². The van der Waals surface area contributed by atoms with Crippen molar-refractivity contribution in [1.82, 2.24) is 10.2 Å². The molecule has 1 heterocycles. The highest BCUT2D eigenvalue weighted by molar-refractivity contribution is 6.30. The summed E-state index contributed by atoms with van der Waals surface area (Å²) in [6.07, 6.45) is 0. The van der Waals surface area contributed by atoms with Crippen LogP contribution in [0.2, 0.25) is 10.2 Å². The van der Waals surface area contributed by atoms with Crippen LogP contribution in [0.1, 0.15) is 17.2 Å². The van der Waals surface area contributed by atoms with Gasteiger partial charge in [-0.2, -0.15) is 10.4 Å². The summed E-state index contributed by atoms with van der Waals surface area (Å²) in [6.45, 7) is 0. The maximum Gasteiger partial charge on any atom is 0.151 e. The van der Waals surface area contributed by atoms with Gasteiger partial charge < -0.3 is 0 Å². The zero-order chi connectivity index (χ0) is 12.3. The van der Waals surface area contributed by atoms with Crippen LogP contribution in [-0.2, 0) is 0 Å². The monoisotopic (exact) mass is 263 g/mol. The van der Waals surface area contributed by atoms with Gasteiger partial charge in [0.15, 0.2) is 5.15 Å². The number of aromatic nitrogens is 2. The summed E-state index contributed by atoms with van der Waals surface area (Å²) in [5.41, 5.74) is 1.34. The predicted octanol–water partition coefficient (Wildman–Crippen LogP) is 3.44. The Kier molecular flexibility index (Phi) is 3.58. The van der Waals surface area contributed by atoms with E-state index in [0.29, 0.717) is 15.9 Å². The van der Waals surface area contributed by atoms with E-state index in [1.54, 1.807) is 30.3 Å². The first kappa shape index (κ1) is 11.8. The van der Waals surface area contributed by atoms with Gasteiger partial charge in [-0.1, -0.05) is 35.3 Å². The Hall–Kier alpha value is -1.63. The molecule has 84 valence electrons. The molecule has 0 spiro atoms. The van der Waals surface area contributed by atoms with Crippen LogP contribution in [0.15, 0.2) is 36.4 Å². The summed E-state index contributed by atoms with van der Waals surface area (Å²) in [6, 6.07) is 12.6. The molecule has 0 saturated heterocycles. The van der Waals surface area contributed by atoms with Gasteiger partial charge in [0.25, 0.3) is 0 Å². The highest BCUT2D eigenvalue weighted by atomic mass is 35.5. The molecule has 0 unspecified atom stereocenters. The average molecular weight is 264 g/mol. The molecule has 0 fully saturated rings. The zero-order valence-corrected chi connectivity index (χ0v) is 10.2. The summed E-state index contributed by atoms with van der Waals surface area (Å²) in [5.74, 6) is -0.488. The van der Waals surface area contributed by atoms with Crippen LogP contribution in [0.3, 0.4) is 0 Å². The smallest absolute Gasteiger partial charge is 0.151 e. The lowest BCUT2D eigenvalue weighted by Crippen LogP contribution is -2.02. The molecule has 0 saturated carbocycles. The fourth-order valence-electron chi connectivity index (χ4n) is 1.48. The molecule has 1 aromatic heterocycles. The van der Waals surface area contributed by atoms with Crippen LogP contribution in [0.4, 0.5) is 0 Å². The molecule has 2 rings (SSSR count). The van der Waals surface area contributed by atoms with Gasteiger partial charge in [0.05, 0.1) is 11.8 Å². The molecule has 0 aliphatic rings. The van der Waals surface area contributed by atoms with Crippen LogP contribution in [0.25, 0.3) is 0 Å². The molecule has 0 aliphatic carbocycles. The van der Waals surface area contributed by atoms with Crippen molar-refractivity contribution in [3.05, 3.63) is 57.8 Å². The van der Waals surface area contributed by atoms with E-state index >= 15 is 0 Å². The molecule has 0 bridgehead atoms. The molecule has 0 N–H and O–H groups in total. The minimum atomic E-state index is -0.488. The maximum atomic E-state index is 9.20. The third-order valence-corrected chi connectivity index (χ3v) is 2.70. The summed E-state index contributed by atoms with van der Waals surface area (Å²) < 4.78 is 0. The van der Waals surface area contributed by atoms with Gasteiger partial charge in [-0.15, -0.1) is 5.10 Å². The highest BCUT2D eigenvalue weighted by Gasteiger charge is 2.15. The predicted molar refractivity (Wildman–Crippen MR) is 66.0 cm³/mol. The highest BCUT2D eigenvalue weighted by Crippen LogP contribution is 2.24. The standard InChI is InChI=1S/C12H7Cl2N3/c13-9-3-1-2-8(6-9)10(7-15)11-4-5-12(14)17-16-11/h1-6,10H/t10-/m0/s1. The first-order valence-corrected chi connectivity index (χ1v) is 5.60. The molecule has 3 nitrogen and oxygen atoms in total. The molecular formula is C12H7Cl2N3. The van der Waals surface area contributed by atoms with Gasteiger partial charge in [-0.25, -0.2) is 0 Å². The van der Waals surface area contributed by atoms with Crippen molar-refractivity contribution in [2.45, 2.75) is 5.92 Å². The first-order valence-electron chi connectivity index (χ1n) is 4.85. The molecule has 1 atom stereocenters. The summed E-state index contributed by atoms with van der Waals surface area (Å²) in [7, 11) is 0. The maximum absolute atomic E-state index is 9.20. The lowest BCUT2D eigenvalue weighted by atomic mass is 9.97. The van der Waals surface area contributed by atoms with Gasteiger partial charge in [0.2, 0.25) is 0 Å². The van der Waals surface area contributed by atoms with E-state index in [0.717, 1.165) is 5.56 Å². The van der Waals surface area contributed by atoms with Gasteiger partial charge in [0.1, 0.15) is 5.92 Å². The van der Waals surface area contributed by atoms with E-state index in [1.807, 2.05) is 6.07 Å². The minimum Gasteiger partial charge on any atom is -0.197 e. The van der Waals surface area contributed by atoms with E-state index in [1.165, 1.54) is 0 Å². The third kappa shape index (κ3) is 2.73. The number of hydrogen-bond acceptors (Lipinski definition) is 3. The van der Waals surface area contributed by atoms with Crippen LogP contribution < -0.4 is 0 Å². The van der Waals surface area contributed by atoms with Gasteiger partial charge in [-0.3, -0.25) is 0 Å². The van der Waals surface area contributed by atoms with E-state index in [4.69, 9.17) is 23.2 Å². The Morgan fingerprint density at radius 3 is 2.53 bits per heavy atom. The zero-order valence-electron chi connectivity index (χ0n) is 8.64. The second-order valence-electron chi connectivity index (χ2n) is 3.40. The van der Waals surface area contributed by atoms with Crippen molar-refractivity contribution >= 4 is 23.2 Å². The molecule has 0 radical (unpaired) electrons. The molecule has 5 heteroatoms. The van der Waals surface area contributed by atoms with E-state index < -0.39 is 5.92 Å². The second kappa shape index (κ2) is 5.13. The number of benzene rings is 1. The van der Waals surface area contributed by atoms with Crippen molar-refractivity contribution in [3.63, 3.8) is 0 Å². The SMILES string of the molecule is N#C[C@@H](c1cccc(Cl)c1)c1ccc(Cl)nn1. The summed E-state index contributed by atoms with van der Waals surface area (Å²) >= 11 is 11.5. The van der Waals surface area contributed by atoms with Gasteiger partial charge in [0, 0.05) is 5.02 Å². The number of rotatable bonds is 2. The Morgan fingerprint density at radius 2 is 1.94 bits per heavy atom. The Morgan fingerprint density at radius 1 is 1.12 bits per heavy atom. The van der Waals surface area contributed by atoms with E-state index in [9.17, 15) is 5.26 Å². The van der Waals surface area contributed by atoms with Crippen LogP contribution >= 0.6 is 23.2 Å². The van der Waals surface area contributed by atoms with Crippen molar-refractivity contribution in [1.29, 1.82) is 5.26 Å². The van der Waals surface area contributed by atoms with Crippen LogP contribution in [-0.4, -0.2) is 10.2 Å². The molecule has 0 amide bonds. The molecule has 0 aliphatic heterocycles. The largest absolute Gasteiger partial charge is 0.197 e. The van der Waals surface area contributed by atoms with Crippen molar-refractivity contribution < 1.29 is 0 Å². The number of nitrogens with zero attached hydrogens (tertiary/aromatic N) is 3. The Bertz CT molecular complexity index is 561. The molecule has 2 aromatic rings. The lowest BCUT2D eigenvalue weighted by molar-refractivity contribution is 0.885. The molecule has 17 heavy (non-hydrogen) atoms. The van der Waals surface area contributed by atoms with Crippen molar-refractivity contribution in [3.8, 4) is 6.07 Å². The average Bonchev–Trinajstić information content (AvgIpc) is 2.33. The van der Waals surface area contributed by atoms with E-state index in [2.05, 4.69) is 16.3 Å². The topological polar surface area (TPSA) is 49.6 Å². The Labute approximate surface area is 109 Å². The second-order valence-corrected chi connectivity index (χ2v) is 4.22. The Balaban J connectivity index is 2.41. The fraction of sp³-hybridized carbons (Fsp3) is 0.0833. The first-order chi connectivity index (χ1) is 8.20. The lowest BCUT2D eigenvalue weighted by Gasteiger charge is -2.08. The van der Waals surface area contributed by atoms with E-state index in [-0.39, 0.29) is 0 Å². The minimum absolute atomic E-state index is 0.302. The number of halogens is 2. The number of nitriles is 1. The summed E-state index contributed by atoms with van der Waals surface area (Å²) in [4.78, 5) is 0. The normalized spacial score (nSPS) is 11.8.